The molecule has 0 unspecified atom stereocenters. The molecule has 1 aliphatic rings. The number of hydrogen-bond donors (Lipinski definition) is 2. The van der Waals surface area contributed by atoms with Crippen molar-refractivity contribution in [2.24, 2.45) is 0 Å². The monoisotopic (exact) mass is 411 g/mol. The lowest BCUT2D eigenvalue weighted by Gasteiger charge is -2.23. The largest absolute Gasteiger partial charge is 0.349 e. The number of amides is 1. The molecule has 1 aromatic carbocycles. The molecule has 0 atom stereocenters. The number of nitrogens with one attached hydrogen (secondary N) is 2. The third kappa shape index (κ3) is 3.85. The van der Waals surface area contributed by atoms with E-state index in [2.05, 4.69) is 37.2 Å². The van der Waals surface area contributed by atoms with Gasteiger partial charge in [-0.05, 0) is 73.9 Å². The van der Waals surface area contributed by atoms with Crippen molar-refractivity contribution >= 4 is 34.2 Å². The standard InChI is InChI=1S/C18H22BrN3O.ClH/c1-12-11-15(18(23)21-14-7-9-20-10-8-14)13(2)22(12)17-6-4-3-5-16(17)19;/h3-6,11,14,20H,7-10H2,1-2H3,(H,21,23);1H. The fraction of sp³-hybridized carbons (Fsp3) is 0.389. The van der Waals surface area contributed by atoms with E-state index in [-0.39, 0.29) is 24.4 Å². The van der Waals surface area contributed by atoms with Crippen molar-refractivity contribution in [3.05, 3.63) is 51.8 Å². The van der Waals surface area contributed by atoms with Crippen LogP contribution in [0.1, 0.15) is 34.6 Å². The number of para-hydroxylation sites is 1. The summed E-state index contributed by atoms with van der Waals surface area (Å²) in [5.74, 6) is 0.0308. The highest BCUT2D eigenvalue weighted by Crippen LogP contribution is 2.26. The molecule has 0 radical (unpaired) electrons. The van der Waals surface area contributed by atoms with Crippen LogP contribution in [-0.2, 0) is 0 Å². The number of halogens is 2. The summed E-state index contributed by atoms with van der Waals surface area (Å²) in [5, 5.41) is 6.50. The molecule has 6 heteroatoms. The van der Waals surface area contributed by atoms with Crippen LogP contribution < -0.4 is 10.6 Å². The van der Waals surface area contributed by atoms with Gasteiger partial charge in [-0.2, -0.15) is 0 Å². The van der Waals surface area contributed by atoms with Gasteiger partial charge in [0.25, 0.3) is 5.91 Å². The van der Waals surface area contributed by atoms with Crippen LogP contribution in [-0.4, -0.2) is 29.6 Å². The van der Waals surface area contributed by atoms with E-state index in [4.69, 9.17) is 0 Å². The molecule has 2 N–H and O–H groups in total. The minimum Gasteiger partial charge on any atom is -0.349 e. The molecule has 1 aromatic heterocycles. The van der Waals surface area contributed by atoms with Crippen molar-refractivity contribution in [2.75, 3.05) is 13.1 Å². The highest BCUT2D eigenvalue weighted by molar-refractivity contribution is 9.10. The van der Waals surface area contributed by atoms with E-state index in [1.807, 2.05) is 38.1 Å². The summed E-state index contributed by atoms with van der Waals surface area (Å²) in [6.45, 7) is 5.99. The molecule has 0 bridgehead atoms. The normalized spacial score (nSPS) is 15.0. The van der Waals surface area contributed by atoms with Crippen molar-refractivity contribution in [3.8, 4) is 5.69 Å². The Bertz CT molecular complexity index is 723. The molecule has 1 saturated heterocycles. The summed E-state index contributed by atoms with van der Waals surface area (Å²) in [5.41, 5.74) is 3.85. The number of rotatable bonds is 3. The Labute approximate surface area is 157 Å². The lowest BCUT2D eigenvalue weighted by Crippen LogP contribution is -2.42. The van der Waals surface area contributed by atoms with Gasteiger partial charge in [0.2, 0.25) is 0 Å². The highest BCUT2D eigenvalue weighted by atomic mass is 79.9. The predicted octanol–water partition coefficient (Wildman–Crippen LogP) is 3.76. The summed E-state index contributed by atoms with van der Waals surface area (Å²) in [6.07, 6.45) is 1.99. The van der Waals surface area contributed by atoms with Gasteiger partial charge in [0.1, 0.15) is 0 Å². The molecule has 1 aliphatic heterocycles. The molecule has 1 amide bonds. The predicted molar refractivity (Wildman–Crippen MR) is 104 cm³/mol. The number of carbonyl (C=O) groups excluding carboxylic acids is 1. The van der Waals surface area contributed by atoms with E-state index >= 15 is 0 Å². The van der Waals surface area contributed by atoms with E-state index in [9.17, 15) is 4.79 Å². The second-order valence-corrected chi connectivity index (χ2v) is 6.92. The van der Waals surface area contributed by atoms with Crippen molar-refractivity contribution in [1.82, 2.24) is 15.2 Å². The molecule has 0 saturated carbocycles. The Balaban J connectivity index is 0.00000208. The van der Waals surface area contributed by atoms with Gasteiger partial charge in [-0.25, -0.2) is 0 Å². The average molecular weight is 413 g/mol. The molecular formula is C18H23BrClN3O. The lowest BCUT2D eigenvalue weighted by molar-refractivity contribution is 0.0929. The molecule has 130 valence electrons. The first-order valence-corrected chi connectivity index (χ1v) is 8.82. The third-order valence-corrected chi connectivity index (χ3v) is 5.11. The maximum atomic E-state index is 12.7. The topological polar surface area (TPSA) is 46.1 Å². The second-order valence-electron chi connectivity index (χ2n) is 6.07. The van der Waals surface area contributed by atoms with Crippen LogP contribution in [0.4, 0.5) is 0 Å². The van der Waals surface area contributed by atoms with Crippen LogP contribution in [0.25, 0.3) is 5.69 Å². The summed E-state index contributed by atoms with van der Waals surface area (Å²) < 4.78 is 3.15. The molecule has 2 aromatic rings. The number of hydrogen-bond acceptors (Lipinski definition) is 2. The SMILES string of the molecule is Cc1cc(C(=O)NC2CCNCC2)c(C)n1-c1ccccc1Br.Cl. The minimum atomic E-state index is 0. The number of nitrogens with zero attached hydrogens (tertiary/aromatic N) is 1. The van der Waals surface area contributed by atoms with Gasteiger partial charge in [0, 0.05) is 21.9 Å². The molecule has 0 aliphatic carbocycles. The summed E-state index contributed by atoms with van der Waals surface area (Å²) in [6, 6.07) is 10.3. The summed E-state index contributed by atoms with van der Waals surface area (Å²) in [7, 11) is 0. The third-order valence-electron chi connectivity index (χ3n) is 4.44. The molecule has 0 spiro atoms. The average Bonchev–Trinajstić information content (AvgIpc) is 2.84. The molecule has 24 heavy (non-hydrogen) atoms. The van der Waals surface area contributed by atoms with E-state index in [1.165, 1.54) is 0 Å². The van der Waals surface area contributed by atoms with E-state index in [1.54, 1.807) is 0 Å². The van der Waals surface area contributed by atoms with Gasteiger partial charge in [-0.15, -0.1) is 12.4 Å². The van der Waals surface area contributed by atoms with Gasteiger partial charge in [-0.3, -0.25) is 4.79 Å². The quantitative estimate of drug-likeness (QED) is 0.806. The van der Waals surface area contributed by atoms with E-state index in [0.29, 0.717) is 0 Å². The first-order chi connectivity index (χ1) is 11.1. The fourth-order valence-electron chi connectivity index (χ4n) is 3.23. The number of carbonyl (C=O) groups is 1. The number of piperidine rings is 1. The Kier molecular flexibility index (Phi) is 6.49. The minimum absolute atomic E-state index is 0. The number of aromatic nitrogens is 1. The highest BCUT2D eigenvalue weighted by Gasteiger charge is 2.21. The lowest BCUT2D eigenvalue weighted by atomic mass is 10.1. The van der Waals surface area contributed by atoms with Crippen LogP contribution in [0.3, 0.4) is 0 Å². The molecule has 3 rings (SSSR count). The zero-order valence-electron chi connectivity index (χ0n) is 13.9. The second kappa shape index (κ2) is 8.19. The number of benzene rings is 1. The first-order valence-electron chi connectivity index (χ1n) is 8.03. The van der Waals surface area contributed by atoms with Crippen molar-refractivity contribution in [2.45, 2.75) is 32.7 Å². The van der Waals surface area contributed by atoms with Crippen LogP contribution in [0, 0.1) is 13.8 Å². The van der Waals surface area contributed by atoms with E-state index in [0.717, 1.165) is 53.0 Å². The fourth-order valence-corrected chi connectivity index (χ4v) is 3.69. The Morgan fingerprint density at radius 1 is 1.25 bits per heavy atom. The van der Waals surface area contributed by atoms with Gasteiger partial charge in [0.15, 0.2) is 0 Å². The maximum absolute atomic E-state index is 12.7. The van der Waals surface area contributed by atoms with Gasteiger partial charge in [0.05, 0.1) is 11.3 Å². The first kappa shape index (κ1) is 19.0. The van der Waals surface area contributed by atoms with Crippen molar-refractivity contribution in [1.29, 1.82) is 0 Å². The maximum Gasteiger partial charge on any atom is 0.253 e. The molecule has 1 fully saturated rings. The molecule has 2 heterocycles. The molecule has 4 nitrogen and oxygen atoms in total. The zero-order valence-corrected chi connectivity index (χ0v) is 16.3. The summed E-state index contributed by atoms with van der Waals surface area (Å²) in [4.78, 5) is 12.7. The van der Waals surface area contributed by atoms with Gasteiger partial charge >= 0.3 is 0 Å². The Morgan fingerprint density at radius 2 is 1.92 bits per heavy atom. The van der Waals surface area contributed by atoms with Gasteiger partial charge in [-0.1, -0.05) is 12.1 Å². The zero-order chi connectivity index (χ0) is 16.4. The van der Waals surface area contributed by atoms with Crippen LogP contribution in [0.5, 0.6) is 0 Å². The Morgan fingerprint density at radius 3 is 2.58 bits per heavy atom. The van der Waals surface area contributed by atoms with Gasteiger partial charge < -0.3 is 15.2 Å². The van der Waals surface area contributed by atoms with Crippen LogP contribution >= 0.6 is 28.3 Å². The number of aryl methyl sites for hydroxylation is 1. The van der Waals surface area contributed by atoms with Crippen molar-refractivity contribution in [3.63, 3.8) is 0 Å². The Hall–Kier alpha value is -1.30. The summed E-state index contributed by atoms with van der Waals surface area (Å²) >= 11 is 3.60. The van der Waals surface area contributed by atoms with E-state index < -0.39 is 0 Å². The smallest absolute Gasteiger partial charge is 0.253 e. The van der Waals surface area contributed by atoms with Crippen LogP contribution in [0.2, 0.25) is 0 Å². The molecular weight excluding hydrogens is 390 g/mol. The van der Waals surface area contributed by atoms with Crippen molar-refractivity contribution < 1.29 is 4.79 Å². The van der Waals surface area contributed by atoms with Crippen LogP contribution in [0.15, 0.2) is 34.8 Å².